The Balaban J connectivity index is 2.11. The first-order valence-corrected chi connectivity index (χ1v) is 8.27. The quantitative estimate of drug-likeness (QED) is 0.608. The first kappa shape index (κ1) is 16.6. The van der Waals surface area contributed by atoms with E-state index in [1.165, 1.54) is 0 Å². The number of hydrogen-bond acceptors (Lipinski definition) is 2. The van der Waals surface area contributed by atoms with Crippen molar-refractivity contribution in [2.45, 2.75) is 19.9 Å². The van der Waals surface area contributed by atoms with Crippen molar-refractivity contribution in [3.63, 3.8) is 0 Å². The van der Waals surface area contributed by atoms with Gasteiger partial charge in [0.05, 0.1) is 5.02 Å². The highest BCUT2D eigenvalue weighted by atomic mass is 79.9. The summed E-state index contributed by atoms with van der Waals surface area (Å²) >= 11 is 15.8. The van der Waals surface area contributed by atoms with Crippen LogP contribution >= 0.6 is 39.1 Å². The molecule has 5 heteroatoms. The summed E-state index contributed by atoms with van der Waals surface area (Å²) in [6.07, 6.45) is 1.10. The molecule has 2 rings (SSSR count). The zero-order valence-corrected chi connectivity index (χ0v) is 14.7. The average Bonchev–Trinajstić information content (AvgIpc) is 2.45. The summed E-state index contributed by atoms with van der Waals surface area (Å²) in [5.74, 6) is 1.26. The molecule has 0 aliphatic rings. The SMILES string of the molecule is CCCNCc1ccc(Oc2cc(Br)ccc2Cl)cc1Cl. The highest BCUT2D eigenvalue weighted by molar-refractivity contribution is 9.10. The van der Waals surface area contributed by atoms with E-state index in [0.29, 0.717) is 21.5 Å². The minimum Gasteiger partial charge on any atom is -0.456 e. The van der Waals surface area contributed by atoms with Crippen molar-refractivity contribution in [3.8, 4) is 11.5 Å². The van der Waals surface area contributed by atoms with Gasteiger partial charge in [0.25, 0.3) is 0 Å². The van der Waals surface area contributed by atoms with Gasteiger partial charge in [-0.25, -0.2) is 0 Å². The average molecular weight is 389 g/mol. The van der Waals surface area contributed by atoms with Crippen LogP contribution < -0.4 is 10.1 Å². The smallest absolute Gasteiger partial charge is 0.147 e. The van der Waals surface area contributed by atoms with Gasteiger partial charge in [0, 0.05) is 16.0 Å². The Labute approximate surface area is 143 Å². The van der Waals surface area contributed by atoms with Crippen LogP contribution in [0.25, 0.3) is 0 Å². The van der Waals surface area contributed by atoms with E-state index < -0.39 is 0 Å². The molecule has 0 heterocycles. The Morgan fingerprint density at radius 2 is 1.90 bits per heavy atom. The predicted molar refractivity (Wildman–Crippen MR) is 92.7 cm³/mol. The van der Waals surface area contributed by atoms with Crippen molar-refractivity contribution in [2.75, 3.05) is 6.54 Å². The number of benzene rings is 2. The molecule has 0 saturated heterocycles. The van der Waals surface area contributed by atoms with Gasteiger partial charge in [0.15, 0.2) is 0 Å². The van der Waals surface area contributed by atoms with Crippen molar-refractivity contribution in [1.82, 2.24) is 5.32 Å². The zero-order chi connectivity index (χ0) is 15.2. The van der Waals surface area contributed by atoms with Crippen LogP contribution in [0.5, 0.6) is 11.5 Å². The van der Waals surface area contributed by atoms with E-state index in [2.05, 4.69) is 28.2 Å². The molecule has 2 aromatic rings. The second kappa shape index (κ2) is 8.04. The Morgan fingerprint density at radius 3 is 2.62 bits per heavy atom. The molecule has 112 valence electrons. The summed E-state index contributed by atoms with van der Waals surface area (Å²) in [7, 11) is 0. The lowest BCUT2D eigenvalue weighted by molar-refractivity contribution is 0.482. The van der Waals surface area contributed by atoms with Crippen LogP contribution in [-0.4, -0.2) is 6.54 Å². The van der Waals surface area contributed by atoms with E-state index >= 15 is 0 Å². The van der Waals surface area contributed by atoms with Gasteiger partial charge in [-0.1, -0.05) is 52.1 Å². The van der Waals surface area contributed by atoms with E-state index in [1.807, 2.05) is 30.3 Å². The molecular weight excluding hydrogens is 373 g/mol. The summed E-state index contributed by atoms with van der Waals surface area (Å²) < 4.78 is 6.70. The topological polar surface area (TPSA) is 21.3 Å². The standard InChI is InChI=1S/C16H16BrCl2NO/c1-2-7-20-10-11-3-5-13(9-15(11)19)21-16-8-12(17)4-6-14(16)18/h3-6,8-9,20H,2,7,10H2,1H3. The van der Waals surface area contributed by atoms with Crippen molar-refractivity contribution in [2.24, 2.45) is 0 Å². The Hall–Kier alpha value is -0.740. The van der Waals surface area contributed by atoms with E-state index in [0.717, 1.165) is 29.5 Å². The molecule has 2 nitrogen and oxygen atoms in total. The molecule has 2 aromatic carbocycles. The molecule has 1 N–H and O–H groups in total. The highest BCUT2D eigenvalue weighted by Crippen LogP contribution is 2.33. The van der Waals surface area contributed by atoms with Crippen molar-refractivity contribution < 1.29 is 4.74 Å². The third-order valence-electron chi connectivity index (χ3n) is 2.89. The number of ether oxygens (including phenoxy) is 1. The first-order chi connectivity index (χ1) is 10.1. The van der Waals surface area contributed by atoms with Crippen LogP contribution in [0.1, 0.15) is 18.9 Å². The summed E-state index contributed by atoms with van der Waals surface area (Å²) in [6, 6.07) is 11.1. The molecule has 0 amide bonds. The summed E-state index contributed by atoms with van der Waals surface area (Å²) in [5, 5.41) is 4.57. The number of hydrogen-bond donors (Lipinski definition) is 1. The molecule has 0 spiro atoms. The fourth-order valence-electron chi connectivity index (χ4n) is 1.82. The van der Waals surface area contributed by atoms with Crippen molar-refractivity contribution in [1.29, 1.82) is 0 Å². The van der Waals surface area contributed by atoms with Gasteiger partial charge in [-0.3, -0.25) is 0 Å². The molecule has 0 unspecified atom stereocenters. The minimum absolute atomic E-state index is 0.558. The molecule has 0 aromatic heterocycles. The van der Waals surface area contributed by atoms with E-state index in [9.17, 15) is 0 Å². The summed E-state index contributed by atoms with van der Waals surface area (Å²) in [5.41, 5.74) is 1.05. The van der Waals surface area contributed by atoms with Gasteiger partial charge >= 0.3 is 0 Å². The molecular formula is C16H16BrCl2NO. The molecule has 0 saturated carbocycles. The molecule has 0 bridgehead atoms. The van der Waals surface area contributed by atoms with Crippen LogP contribution in [0.4, 0.5) is 0 Å². The molecule has 0 fully saturated rings. The first-order valence-electron chi connectivity index (χ1n) is 6.72. The largest absolute Gasteiger partial charge is 0.456 e. The molecule has 21 heavy (non-hydrogen) atoms. The Bertz CT molecular complexity index is 619. The van der Waals surface area contributed by atoms with Gasteiger partial charge < -0.3 is 10.1 Å². The van der Waals surface area contributed by atoms with Crippen LogP contribution in [0.3, 0.4) is 0 Å². The van der Waals surface area contributed by atoms with Gasteiger partial charge in [0.1, 0.15) is 11.5 Å². The predicted octanol–water partition coefficient (Wildman–Crippen LogP) is 6.05. The maximum Gasteiger partial charge on any atom is 0.147 e. The lowest BCUT2D eigenvalue weighted by Crippen LogP contribution is -2.13. The van der Waals surface area contributed by atoms with Crippen LogP contribution in [0.15, 0.2) is 40.9 Å². The van der Waals surface area contributed by atoms with E-state index in [1.54, 1.807) is 6.07 Å². The third kappa shape index (κ3) is 4.89. The zero-order valence-electron chi connectivity index (χ0n) is 11.6. The molecule has 0 aliphatic heterocycles. The van der Waals surface area contributed by atoms with Crippen molar-refractivity contribution in [3.05, 3.63) is 56.5 Å². The van der Waals surface area contributed by atoms with Crippen LogP contribution in [0, 0.1) is 0 Å². The fourth-order valence-corrected chi connectivity index (χ4v) is 2.55. The van der Waals surface area contributed by atoms with Crippen LogP contribution in [0.2, 0.25) is 10.0 Å². The monoisotopic (exact) mass is 387 g/mol. The normalized spacial score (nSPS) is 10.7. The third-order valence-corrected chi connectivity index (χ3v) is 4.05. The Morgan fingerprint density at radius 1 is 1.10 bits per heavy atom. The van der Waals surface area contributed by atoms with Gasteiger partial charge in [0.2, 0.25) is 0 Å². The summed E-state index contributed by atoms with van der Waals surface area (Å²) in [4.78, 5) is 0. The number of halogens is 3. The second-order valence-corrected chi connectivity index (χ2v) is 6.34. The lowest BCUT2D eigenvalue weighted by atomic mass is 10.2. The van der Waals surface area contributed by atoms with Crippen molar-refractivity contribution >= 4 is 39.1 Å². The maximum atomic E-state index is 6.28. The van der Waals surface area contributed by atoms with Crippen LogP contribution in [-0.2, 0) is 6.54 Å². The number of nitrogens with one attached hydrogen (secondary N) is 1. The van der Waals surface area contributed by atoms with E-state index in [-0.39, 0.29) is 0 Å². The van der Waals surface area contributed by atoms with E-state index in [4.69, 9.17) is 27.9 Å². The second-order valence-electron chi connectivity index (χ2n) is 4.61. The maximum absolute atomic E-state index is 6.28. The molecule has 0 atom stereocenters. The van der Waals surface area contributed by atoms with Gasteiger partial charge in [-0.2, -0.15) is 0 Å². The molecule has 0 aliphatic carbocycles. The number of rotatable bonds is 6. The minimum atomic E-state index is 0.558. The van der Waals surface area contributed by atoms with Gasteiger partial charge in [-0.15, -0.1) is 0 Å². The lowest BCUT2D eigenvalue weighted by Gasteiger charge is -2.11. The fraction of sp³-hybridized carbons (Fsp3) is 0.250. The summed E-state index contributed by atoms with van der Waals surface area (Å²) in [6.45, 7) is 3.86. The molecule has 0 radical (unpaired) electrons. The Kier molecular flexibility index (Phi) is 6.37. The highest BCUT2D eigenvalue weighted by Gasteiger charge is 2.07. The van der Waals surface area contributed by atoms with Gasteiger partial charge in [-0.05, 0) is 48.9 Å².